The van der Waals surface area contributed by atoms with Gasteiger partial charge in [0, 0.05) is 19.0 Å². The van der Waals surface area contributed by atoms with Gasteiger partial charge in [-0.15, -0.1) is 0 Å². The molecule has 0 radical (unpaired) electrons. The van der Waals surface area contributed by atoms with Crippen LogP contribution in [0.5, 0.6) is 0 Å². The number of hydrogen-bond acceptors (Lipinski definition) is 2. The van der Waals surface area contributed by atoms with E-state index in [1.54, 1.807) is 6.20 Å². The fraction of sp³-hybridized carbons (Fsp3) is 0.300. The Morgan fingerprint density at radius 2 is 2.42 bits per heavy atom. The molecule has 0 bridgehead atoms. The van der Waals surface area contributed by atoms with Crippen molar-refractivity contribution in [3.63, 3.8) is 0 Å². The second-order valence-corrected chi connectivity index (χ2v) is 2.65. The number of hydrogen-bond donors (Lipinski definition) is 1. The highest BCUT2D eigenvalue weighted by Gasteiger charge is 1.90. The van der Waals surface area contributed by atoms with Gasteiger partial charge < -0.3 is 5.11 Å². The molecular weight excluding hydrogens is 150 g/mol. The molecule has 1 aromatic heterocycles. The third-order valence-electron chi connectivity index (χ3n) is 1.66. The molecular formula is C10H13NO. The van der Waals surface area contributed by atoms with Gasteiger partial charge in [-0.3, -0.25) is 4.98 Å². The van der Waals surface area contributed by atoms with Crippen molar-refractivity contribution in [2.75, 3.05) is 6.61 Å². The number of aryl methyl sites for hydroxylation is 1. The Hall–Kier alpha value is -1.15. The SMILES string of the molecule is Cc1cnccc1C=CCCO. The molecule has 0 fully saturated rings. The van der Waals surface area contributed by atoms with Gasteiger partial charge in [0.15, 0.2) is 0 Å². The van der Waals surface area contributed by atoms with Crippen molar-refractivity contribution in [2.45, 2.75) is 13.3 Å². The molecule has 0 spiro atoms. The summed E-state index contributed by atoms with van der Waals surface area (Å²) in [5.41, 5.74) is 2.32. The highest BCUT2D eigenvalue weighted by Crippen LogP contribution is 2.07. The molecule has 0 aromatic carbocycles. The van der Waals surface area contributed by atoms with Crippen molar-refractivity contribution in [3.05, 3.63) is 35.7 Å². The van der Waals surface area contributed by atoms with E-state index in [1.165, 1.54) is 5.56 Å². The molecule has 0 aliphatic heterocycles. The third kappa shape index (κ3) is 2.47. The Bertz CT molecular complexity index is 268. The van der Waals surface area contributed by atoms with E-state index in [1.807, 2.05) is 31.3 Å². The smallest absolute Gasteiger partial charge is 0.0465 e. The van der Waals surface area contributed by atoms with Crippen LogP contribution in [0.1, 0.15) is 17.5 Å². The minimum absolute atomic E-state index is 0.209. The summed E-state index contributed by atoms with van der Waals surface area (Å²) in [6.45, 7) is 2.23. The Labute approximate surface area is 72.6 Å². The zero-order valence-corrected chi connectivity index (χ0v) is 7.20. The van der Waals surface area contributed by atoms with Crippen LogP contribution in [0.2, 0.25) is 0 Å². The maximum Gasteiger partial charge on any atom is 0.0465 e. The molecule has 0 aliphatic carbocycles. The molecule has 12 heavy (non-hydrogen) atoms. The molecule has 0 amide bonds. The molecule has 1 N–H and O–H groups in total. The van der Waals surface area contributed by atoms with Crippen molar-refractivity contribution >= 4 is 6.08 Å². The lowest BCUT2D eigenvalue weighted by molar-refractivity contribution is 0.303. The maximum absolute atomic E-state index is 8.55. The first-order chi connectivity index (χ1) is 5.84. The fourth-order valence-electron chi connectivity index (χ4n) is 0.956. The Morgan fingerprint density at radius 1 is 1.58 bits per heavy atom. The van der Waals surface area contributed by atoms with E-state index in [0.29, 0.717) is 6.42 Å². The second-order valence-electron chi connectivity index (χ2n) is 2.65. The Balaban J connectivity index is 2.68. The first-order valence-corrected chi connectivity index (χ1v) is 4.02. The quantitative estimate of drug-likeness (QED) is 0.736. The van der Waals surface area contributed by atoms with Crippen molar-refractivity contribution in [1.82, 2.24) is 4.98 Å². The van der Waals surface area contributed by atoms with Crippen molar-refractivity contribution in [1.29, 1.82) is 0 Å². The van der Waals surface area contributed by atoms with Crippen molar-refractivity contribution in [3.8, 4) is 0 Å². The zero-order chi connectivity index (χ0) is 8.81. The topological polar surface area (TPSA) is 33.1 Å². The van der Waals surface area contributed by atoms with Crippen LogP contribution in [0, 0.1) is 6.92 Å². The molecule has 1 aromatic rings. The second kappa shape index (κ2) is 4.67. The maximum atomic E-state index is 8.55. The van der Waals surface area contributed by atoms with Crippen molar-refractivity contribution < 1.29 is 5.11 Å². The first-order valence-electron chi connectivity index (χ1n) is 4.02. The Morgan fingerprint density at radius 3 is 3.08 bits per heavy atom. The minimum Gasteiger partial charge on any atom is -0.396 e. The molecule has 2 nitrogen and oxygen atoms in total. The molecule has 1 rings (SSSR count). The lowest BCUT2D eigenvalue weighted by Crippen LogP contribution is -1.82. The van der Waals surface area contributed by atoms with Crippen LogP contribution in [-0.2, 0) is 0 Å². The normalized spacial score (nSPS) is 10.8. The number of aliphatic hydroxyl groups is 1. The summed E-state index contributed by atoms with van der Waals surface area (Å²) in [5.74, 6) is 0. The number of nitrogens with zero attached hydrogens (tertiary/aromatic N) is 1. The summed E-state index contributed by atoms with van der Waals surface area (Å²) in [6, 6.07) is 1.96. The molecule has 64 valence electrons. The van der Waals surface area contributed by atoms with Crippen LogP contribution < -0.4 is 0 Å². The van der Waals surface area contributed by atoms with Gasteiger partial charge in [0.1, 0.15) is 0 Å². The third-order valence-corrected chi connectivity index (χ3v) is 1.66. The predicted octanol–water partition coefficient (Wildman–Crippen LogP) is 1.79. The number of aliphatic hydroxyl groups excluding tert-OH is 1. The molecule has 0 saturated carbocycles. The average molecular weight is 163 g/mol. The summed E-state index contributed by atoms with van der Waals surface area (Å²) >= 11 is 0. The van der Waals surface area contributed by atoms with Crippen LogP contribution >= 0.6 is 0 Å². The van der Waals surface area contributed by atoms with Crippen LogP contribution in [0.15, 0.2) is 24.5 Å². The predicted molar refractivity (Wildman–Crippen MR) is 49.7 cm³/mol. The summed E-state index contributed by atoms with van der Waals surface area (Å²) in [7, 11) is 0. The van der Waals surface area contributed by atoms with Crippen LogP contribution in [0.3, 0.4) is 0 Å². The lowest BCUT2D eigenvalue weighted by Gasteiger charge is -1.96. The van der Waals surface area contributed by atoms with E-state index < -0.39 is 0 Å². The summed E-state index contributed by atoms with van der Waals surface area (Å²) in [5, 5.41) is 8.55. The molecule has 0 atom stereocenters. The lowest BCUT2D eigenvalue weighted by atomic mass is 10.1. The largest absolute Gasteiger partial charge is 0.396 e. The van der Waals surface area contributed by atoms with Gasteiger partial charge in [-0.25, -0.2) is 0 Å². The minimum atomic E-state index is 0.209. The van der Waals surface area contributed by atoms with E-state index in [9.17, 15) is 0 Å². The molecule has 0 unspecified atom stereocenters. The van der Waals surface area contributed by atoms with Gasteiger partial charge in [-0.2, -0.15) is 0 Å². The van der Waals surface area contributed by atoms with Gasteiger partial charge in [-0.1, -0.05) is 12.2 Å². The highest BCUT2D eigenvalue weighted by molar-refractivity contribution is 5.52. The van der Waals surface area contributed by atoms with Crippen LogP contribution in [0.25, 0.3) is 6.08 Å². The fourth-order valence-corrected chi connectivity index (χ4v) is 0.956. The monoisotopic (exact) mass is 163 g/mol. The summed E-state index contributed by atoms with van der Waals surface area (Å²) < 4.78 is 0. The highest BCUT2D eigenvalue weighted by atomic mass is 16.2. The van der Waals surface area contributed by atoms with E-state index in [0.717, 1.165) is 5.56 Å². The molecule has 0 saturated heterocycles. The number of pyridine rings is 1. The van der Waals surface area contributed by atoms with Gasteiger partial charge in [0.2, 0.25) is 0 Å². The summed E-state index contributed by atoms with van der Waals surface area (Å²) in [4.78, 5) is 3.99. The van der Waals surface area contributed by atoms with Gasteiger partial charge in [0.25, 0.3) is 0 Å². The Kier molecular flexibility index (Phi) is 3.48. The average Bonchev–Trinajstić information content (AvgIpc) is 2.09. The van der Waals surface area contributed by atoms with Crippen molar-refractivity contribution in [2.24, 2.45) is 0 Å². The molecule has 0 aliphatic rings. The van der Waals surface area contributed by atoms with E-state index in [4.69, 9.17) is 5.11 Å². The summed E-state index contributed by atoms with van der Waals surface area (Å²) in [6.07, 6.45) is 8.28. The molecule has 2 heteroatoms. The van der Waals surface area contributed by atoms with Crippen LogP contribution in [0.4, 0.5) is 0 Å². The number of rotatable bonds is 3. The van der Waals surface area contributed by atoms with E-state index in [2.05, 4.69) is 4.98 Å². The van der Waals surface area contributed by atoms with Gasteiger partial charge in [-0.05, 0) is 30.5 Å². The van der Waals surface area contributed by atoms with Crippen LogP contribution in [-0.4, -0.2) is 16.7 Å². The van der Waals surface area contributed by atoms with E-state index in [-0.39, 0.29) is 6.61 Å². The standard InChI is InChI=1S/C10H13NO/c1-9-8-11-6-5-10(9)4-2-3-7-12/h2,4-6,8,12H,3,7H2,1H3. The number of aromatic nitrogens is 1. The van der Waals surface area contributed by atoms with E-state index >= 15 is 0 Å². The first kappa shape index (κ1) is 8.94. The van der Waals surface area contributed by atoms with Gasteiger partial charge >= 0.3 is 0 Å². The van der Waals surface area contributed by atoms with Gasteiger partial charge in [0.05, 0.1) is 0 Å². The molecule has 1 heterocycles. The zero-order valence-electron chi connectivity index (χ0n) is 7.20.